The first-order chi connectivity index (χ1) is 11.9. The standard InChI is InChI=1S/C17H16ClN3O3S/c1-2-25(23,24)15-7-5-13(6-8-15)20-11-17(22)21-14-4-3-12(10-19)16(18)9-14/h3-9,20H,2,11H2,1H3,(H,21,22). The van der Waals surface area contributed by atoms with Gasteiger partial charge in [-0.25, -0.2) is 8.42 Å². The molecule has 0 radical (unpaired) electrons. The molecule has 0 atom stereocenters. The number of halogens is 1. The van der Waals surface area contributed by atoms with Crippen LogP contribution in [0.25, 0.3) is 0 Å². The molecular formula is C17H16ClN3O3S. The molecule has 0 spiro atoms. The van der Waals surface area contributed by atoms with Crippen LogP contribution in [-0.4, -0.2) is 26.6 Å². The van der Waals surface area contributed by atoms with E-state index in [9.17, 15) is 13.2 Å². The van der Waals surface area contributed by atoms with Gasteiger partial charge in [0.1, 0.15) is 6.07 Å². The maximum absolute atomic E-state index is 11.9. The van der Waals surface area contributed by atoms with Crippen LogP contribution in [0.5, 0.6) is 0 Å². The van der Waals surface area contributed by atoms with Crippen LogP contribution in [0, 0.1) is 11.3 Å². The molecule has 0 unspecified atom stereocenters. The second kappa shape index (κ2) is 8.01. The average Bonchev–Trinajstić information content (AvgIpc) is 2.60. The van der Waals surface area contributed by atoms with Crippen molar-refractivity contribution in [1.29, 1.82) is 5.26 Å². The molecule has 0 fully saturated rings. The molecular weight excluding hydrogens is 362 g/mol. The van der Waals surface area contributed by atoms with E-state index in [1.807, 2.05) is 6.07 Å². The molecule has 2 N–H and O–H groups in total. The van der Waals surface area contributed by atoms with Gasteiger partial charge in [0.15, 0.2) is 9.84 Å². The minimum atomic E-state index is -3.24. The van der Waals surface area contributed by atoms with Crippen LogP contribution < -0.4 is 10.6 Å². The molecule has 0 heterocycles. The fourth-order valence-electron chi connectivity index (χ4n) is 2.02. The summed E-state index contributed by atoms with van der Waals surface area (Å²) in [7, 11) is -3.24. The lowest BCUT2D eigenvalue weighted by Crippen LogP contribution is -2.21. The summed E-state index contributed by atoms with van der Waals surface area (Å²) in [5.74, 6) is -0.263. The third-order valence-corrected chi connectivity index (χ3v) is 5.48. The summed E-state index contributed by atoms with van der Waals surface area (Å²) in [4.78, 5) is 12.2. The maximum atomic E-state index is 11.9. The molecule has 1 amide bonds. The topological polar surface area (TPSA) is 99.1 Å². The molecule has 0 bridgehead atoms. The minimum absolute atomic E-state index is 0.00249. The number of sulfone groups is 1. The Labute approximate surface area is 151 Å². The van der Waals surface area contributed by atoms with E-state index in [4.69, 9.17) is 16.9 Å². The highest BCUT2D eigenvalue weighted by atomic mass is 35.5. The van der Waals surface area contributed by atoms with Gasteiger partial charge in [-0.1, -0.05) is 18.5 Å². The van der Waals surface area contributed by atoms with Crippen LogP contribution in [0.15, 0.2) is 47.4 Å². The molecule has 0 aliphatic rings. The molecule has 25 heavy (non-hydrogen) atoms. The predicted molar refractivity (Wildman–Crippen MR) is 97.5 cm³/mol. The van der Waals surface area contributed by atoms with E-state index in [1.165, 1.54) is 24.3 Å². The zero-order chi connectivity index (χ0) is 18.4. The summed E-state index contributed by atoms with van der Waals surface area (Å²) < 4.78 is 23.5. The van der Waals surface area contributed by atoms with Crippen molar-refractivity contribution in [3.8, 4) is 6.07 Å². The Kier molecular flexibility index (Phi) is 6.02. The van der Waals surface area contributed by atoms with E-state index in [0.29, 0.717) is 16.9 Å². The van der Waals surface area contributed by atoms with Gasteiger partial charge in [-0.2, -0.15) is 5.26 Å². The maximum Gasteiger partial charge on any atom is 0.243 e. The molecule has 8 heteroatoms. The van der Waals surface area contributed by atoms with Crippen LogP contribution in [0.1, 0.15) is 12.5 Å². The number of nitrogens with zero attached hydrogens (tertiary/aromatic N) is 1. The second-order valence-corrected chi connectivity index (χ2v) is 7.82. The molecule has 2 aromatic carbocycles. The molecule has 2 rings (SSSR count). The van der Waals surface area contributed by atoms with Gasteiger partial charge in [0.25, 0.3) is 0 Å². The summed E-state index contributed by atoms with van der Waals surface area (Å²) in [6.07, 6.45) is 0. The van der Waals surface area contributed by atoms with Crippen molar-refractivity contribution in [1.82, 2.24) is 0 Å². The lowest BCUT2D eigenvalue weighted by atomic mass is 10.2. The van der Waals surface area contributed by atoms with Gasteiger partial charge in [0.05, 0.1) is 27.8 Å². The predicted octanol–water partition coefficient (Wildman–Crippen LogP) is 3.06. The van der Waals surface area contributed by atoms with Crippen molar-refractivity contribution >= 4 is 38.7 Å². The lowest BCUT2D eigenvalue weighted by Gasteiger charge is -2.09. The van der Waals surface area contributed by atoms with E-state index < -0.39 is 9.84 Å². The molecule has 0 saturated carbocycles. The highest BCUT2D eigenvalue weighted by Crippen LogP contribution is 2.20. The third kappa shape index (κ3) is 4.95. The first-order valence-electron chi connectivity index (χ1n) is 7.42. The quantitative estimate of drug-likeness (QED) is 0.806. The van der Waals surface area contributed by atoms with Crippen LogP contribution in [0.3, 0.4) is 0 Å². The highest BCUT2D eigenvalue weighted by Gasteiger charge is 2.11. The number of nitriles is 1. The average molecular weight is 378 g/mol. The number of anilines is 2. The van der Waals surface area contributed by atoms with Crippen LogP contribution in [0.4, 0.5) is 11.4 Å². The summed E-state index contributed by atoms with van der Waals surface area (Å²) >= 11 is 5.91. The monoisotopic (exact) mass is 377 g/mol. The number of amides is 1. The van der Waals surface area contributed by atoms with Crippen LogP contribution in [0.2, 0.25) is 5.02 Å². The van der Waals surface area contributed by atoms with E-state index in [-0.39, 0.29) is 28.1 Å². The normalized spacial score (nSPS) is 10.8. The number of nitrogens with one attached hydrogen (secondary N) is 2. The summed E-state index contributed by atoms with van der Waals surface area (Å²) in [6, 6.07) is 12.8. The summed E-state index contributed by atoms with van der Waals surface area (Å²) in [6.45, 7) is 1.58. The van der Waals surface area contributed by atoms with Gasteiger partial charge < -0.3 is 10.6 Å². The summed E-state index contributed by atoms with van der Waals surface area (Å²) in [5.41, 5.74) is 1.45. The van der Waals surface area contributed by atoms with E-state index in [2.05, 4.69) is 10.6 Å². The second-order valence-electron chi connectivity index (χ2n) is 5.14. The Hall–Kier alpha value is -2.56. The molecule has 0 aliphatic carbocycles. The van der Waals surface area contributed by atoms with E-state index in [0.717, 1.165) is 0 Å². The van der Waals surface area contributed by atoms with Gasteiger partial charge in [0, 0.05) is 11.4 Å². The van der Waals surface area contributed by atoms with Gasteiger partial charge in [-0.05, 0) is 42.5 Å². The largest absolute Gasteiger partial charge is 0.376 e. The Morgan fingerprint density at radius 2 is 1.80 bits per heavy atom. The van der Waals surface area contributed by atoms with Crippen molar-refractivity contribution in [3.63, 3.8) is 0 Å². The van der Waals surface area contributed by atoms with Crippen molar-refractivity contribution in [2.24, 2.45) is 0 Å². The Bertz CT molecular complexity index is 919. The molecule has 0 saturated heterocycles. The number of benzene rings is 2. The van der Waals surface area contributed by atoms with E-state index in [1.54, 1.807) is 25.1 Å². The first kappa shape index (κ1) is 18.8. The SMILES string of the molecule is CCS(=O)(=O)c1ccc(NCC(=O)Nc2ccc(C#N)c(Cl)c2)cc1. The Morgan fingerprint density at radius 3 is 2.36 bits per heavy atom. The van der Waals surface area contributed by atoms with Gasteiger partial charge >= 0.3 is 0 Å². The minimum Gasteiger partial charge on any atom is -0.376 e. The molecule has 6 nitrogen and oxygen atoms in total. The Balaban J connectivity index is 1.94. The number of rotatable bonds is 6. The zero-order valence-corrected chi connectivity index (χ0v) is 15.0. The summed E-state index contributed by atoms with van der Waals surface area (Å²) in [5, 5.41) is 14.6. The number of hydrogen-bond donors (Lipinski definition) is 2. The molecule has 0 aromatic heterocycles. The number of carbonyl (C=O) groups excluding carboxylic acids is 1. The zero-order valence-electron chi connectivity index (χ0n) is 13.4. The smallest absolute Gasteiger partial charge is 0.243 e. The highest BCUT2D eigenvalue weighted by molar-refractivity contribution is 7.91. The fraction of sp³-hybridized carbons (Fsp3) is 0.176. The fourth-order valence-corrected chi connectivity index (χ4v) is 3.12. The third-order valence-electron chi connectivity index (χ3n) is 3.42. The Morgan fingerprint density at radius 1 is 1.16 bits per heavy atom. The van der Waals surface area contributed by atoms with Crippen molar-refractivity contribution < 1.29 is 13.2 Å². The number of hydrogen-bond acceptors (Lipinski definition) is 5. The van der Waals surface area contributed by atoms with Crippen molar-refractivity contribution in [2.75, 3.05) is 22.9 Å². The van der Waals surface area contributed by atoms with Gasteiger partial charge in [-0.3, -0.25) is 4.79 Å². The van der Waals surface area contributed by atoms with Crippen LogP contribution >= 0.6 is 11.6 Å². The van der Waals surface area contributed by atoms with Gasteiger partial charge in [0.2, 0.25) is 5.91 Å². The molecule has 2 aromatic rings. The first-order valence-corrected chi connectivity index (χ1v) is 9.45. The number of carbonyl (C=O) groups is 1. The molecule has 130 valence electrons. The van der Waals surface area contributed by atoms with Crippen LogP contribution in [-0.2, 0) is 14.6 Å². The lowest BCUT2D eigenvalue weighted by molar-refractivity contribution is -0.114. The van der Waals surface area contributed by atoms with E-state index >= 15 is 0 Å². The van der Waals surface area contributed by atoms with Crippen molar-refractivity contribution in [2.45, 2.75) is 11.8 Å². The van der Waals surface area contributed by atoms with Gasteiger partial charge in [-0.15, -0.1) is 0 Å². The van der Waals surface area contributed by atoms with Crippen molar-refractivity contribution in [3.05, 3.63) is 53.1 Å². The molecule has 0 aliphatic heterocycles.